The van der Waals surface area contributed by atoms with Gasteiger partial charge in [-0.3, -0.25) is 9.69 Å². The van der Waals surface area contributed by atoms with Crippen LogP contribution in [-0.4, -0.2) is 29.1 Å². The molecule has 1 saturated heterocycles. The lowest BCUT2D eigenvalue weighted by Gasteiger charge is -2.19. The third kappa shape index (κ3) is 3.98. The Hall–Kier alpha value is -1.60. The first-order valence-corrected chi connectivity index (χ1v) is 12.2. The molecule has 4 nitrogen and oxygen atoms in total. The van der Waals surface area contributed by atoms with Gasteiger partial charge in [0.15, 0.2) is 5.17 Å². The fraction of sp³-hybridized carbons (Fsp3) is 0.273. The number of rotatable bonds is 5. The van der Waals surface area contributed by atoms with E-state index in [0.29, 0.717) is 32.4 Å². The quantitative estimate of drug-likeness (QED) is 0.428. The second-order valence-electron chi connectivity index (χ2n) is 6.83. The smallest absolute Gasteiger partial charge is 0.269 e. The van der Waals surface area contributed by atoms with Crippen LogP contribution < -0.4 is 4.90 Å². The summed E-state index contributed by atoms with van der Waals surface area (Å²) in [6.07, 6.45) is 1.90. The van der Waals surface area contributed by atoms with Crippen molar-refractivity contribution in [2.45, 2.75) is 31.6 Å². The standard InChI is InChI=1S/C22H21Cl2N3OS2/c1-3-5-13-27-20(28)19(21-26(4-2)16-11-6-7-12-17(16)29-21)30-22(27)25-15-10-8-9-14(23)18(15)24/h6-12H,3-5,13H2,1-2H3/b21-19-,25-22?. The van der Waals surface area contributed by atoms with Crippen molar-refractivity contribution in [2.75, 3.05) is 18.0 Å². The third-order valence-corrected chi connectivity index (χ3v) is 8.05. The molecule has 8 heteroatoms. The number of carbonyl (C=O) groups is 1. The second-order valence-corrected chi connectivity index (χ2v) is 9.62. The van der Waals surface area contributed by atoms with E-state index in [0.717, 1.165) is 30.1 Å². The fourth-order valence-electron chi connectivity index (χ4n) is 3.33. The highest BCUT2D eigenvalue weighted by Crippen LogP contribution is 2.50. The monoisotopic (exact) mass is 477 g/mol. The zero-order valence-electron chi connectivity index (χ0n) is 16.7. The van der Waals surface area contributed by atoms with E-state index in [9.17, 15) is 4.79 Å². The van der Waals surface area contributed by atoms with Gasteiger partial charge in [0, 0.05) is 18.0 Å². The molecule has 0 radical (unpaired) electrons. The molecule has 2 aliphatic heterocycles. The van der Waals surface area contributed by atoms with Gasteiger partial charge in [-0.15, -0.1) is 0 Å². The van der Waals surface area contributed by atoms with Gasteiger partial charge in [-0.2, -0.15) is 0 Å². The lowest BCUT2D eigenvalue weighted by molar-refractivity contribution is -0.122. The highest BCUT2D eigenvalue weighted by atomic mass is 35.5. The van der Waals surface area contributed by atoms with Crippen LogP contribution in [0.25, 0.3) is 0 Å². The molecule has 0 saturated carbocycles. The van der Waals surface area contributed by atoms with Crippen LogP contribution in [0.5, 0.6) is 0 Å². The number of amidine groups is 1. The largest absolute Gasteiger partial charge is 0.334 e. The molecule has 4 rings (SSSR count). The van der Waals surface area contributed by atoms with Gasteiger partial charge in [-0.1, -0.05) is 66.5 Å². The van der Waals surface area contributed by atoms with Gasteiger partial charge in [0.25, 0.3) is 5.91 Å². The van der Waals surface area contributed by atoms with E-state index in [1.807, 2.05) is 24.3 Å². The van der Waals surface area contributed by atoms with Crippen LogP contribution in [0.2, 0.25) is 10.0 Å². The van der Waals surface area contributed by atoms with Crippen LogP contribution in [0.15, 0.2) is 62.3 Å². The predicted octanol–water partition coefficient (Wildman–Crippen LogP) is 7.16. The molecule has 0 N–H and O–H groups in total. The number of hydrogen-bond acceptors (Lipinski definition) is 5. The molecule has 0 aliphatic carbocycles. The summed E-state index contributed by atoms with van der Waals surface area (Å²) in [5.74, 6) is -0.000827. The topological polar surface area (TPSA) is 35.9 Å². The minimum atomic E-state index is -0.000827. The van der Waals surface area contributed by atoms with Crippen LogP contribution in [0.3, 0.4) is 0 Å². The number of halogens is 2. The maximum Gasteiger partial charge on any atom is 0.269 e. The van der Waals surface area contributed by atoms with E-state index >= 15 is 0 Å². The van der Waals surface area contributed by atoms with Gasteiger partial charge in [-0.05, 0) is 49.4 Å². The lowest BCUT2D eigenvalue weighted by Crippen LogP contribution is -2.30. The number of anilines is 1. The van der Waals surface area contributed by atoms with Crippen molar-refractivity contribution in [1.29, 1.82) is 0 Å². The number of aliphatic imine (C=N–C) groups is 1. The first kappa shape index (κ1) is 21.6. The van der Waals surface area contributed by atoms with E-state index in [1.165, 1.54) is 16.7 Å². The molecular weight excluding hydrogens is 457 g/mol. The predicted molar refractivity (Wildman–Crippen MR) is 130 cm³/mol. The van der Waals surface area contributed by atoms with Crippen molar-refractivity contribution in [3.8, 4) is 0 Å². The fourth-order valence-corrected chi connectivity index (χ4v) is 6.08. The summed E-state index contributed by atoms with van der Waals surface area (Å²) in [6, 6.07) is 13.6. The first-order chi connectivity index (χ1) is 14.5. The summed E-state index contributed by atoms with van der Waals surface area (Å²) in [5.41, 5.74) is 1.71. The third-order valence-electron chi connectivity index (χ3n) is 4.86. The van der Waals surface area contributed by atoms with Crippen LogP contribution >= 0.6 is 46.7 Å². The number of carbonyl (C=O) groups excluding carboxylic acids is 1. The van der Waals surface area contributed by atoms with Gasteiger partial charge in [0.05, 0.1) is 21.4 Å². The van der Waals surface area contributed by atoms with Crippen molar-refractivity contribution < 1.29 is 4.79 Å². The SMILES string of the molecule is CCCCN1C(=O)/C(=C2/Sc3ccccc3N2CC)SC1=Nc1cccc(Cl)c1Cl. The molecule has 2 aromatic carbocycles. The Morgan fingerprint density at radius 3 is 2.57 bits per heavy atom. The summed E-state index contributed by atoms with van der Waals surface area (Å²) in [7, 11) is 0. The normalized spacial score (nSPS) is 19.9. The maximum atomic E-state index is 13.4. The molecule has 0 unspecified atom stereocenters. The van der Waals surface area contributed by atoms with Crippen molar-refractivity contribution in [3.05, 3.63) is 62.4 Å². The average Bonchev–Trinajstić information content (AvgIpc) is 3.27. The van der Waals surface area contributed by atoms with Gasteiger partial charge in [0.2, 0.25) is 0 Å². The second kappa shape index (κ2) is 9.27. The first-order valence-electron chi connectivity index (χ1n) is 9.86. The number of nitrogens with zero attached hydrogens (tertiary/aromatic N) is 3. The zero-order chi connectivity index (χ0) is 21.3. The molecule has 0 atom stereocenters. The van der Waals surface area contributed by atoms with Gasteiger partial charge >= 0.3 is 0 Å². The highest BCUT2D eigenvalue weighted by Gasteiger charge is 2.39. The Morgan fingerprint density at radius 1 is 1.00 bits per heavy atom. The Labute approximate surface area is 195 Å². The van der Waals surface area contributed by atoms with Crippen LogP contribution in [-0.2, 0) is 4.79 Å². The highest BCUT2D eigenvalue weighted by molar-refractivity contribution is 8.19. The van der Waals surface area contributed by atoms with Gasteiger partial charge in [-0.25, -0.2) is 4.99 Å². The zero-order valence-corrected chi connectivity index (χ0v) is 19.8. The summed E-state index contributed by atoms with van der Waals surface area (Å²) in [4.78, 5) is 24.0. The van der Waals surface area contributed by atoms with Crippen LogP contribution in [0, 0.1) is 0 Å². The Bertz CT molecular complexity index is 1050. The molecular formula is C22H21Cl2N3OS2. The van der Waals surface area contributed by atoms with E-state index in [1.54, 1.807) is 22.7 Å². The van der Waals surface area contributed by atoms with Gasteiger partial charge in [0.1, 0.15) is 9.93 Å². The lowest BCUT2D eigenvalue weighted by atomic mass is 10.3. The van der Waals surface area contributed by atoms with E-state index in [4.69, 9.17) is 28.2 Å². The summed E-state index contributed by atoms with van der Waals surface area (Å²) >= 11 is 15.6. The molecule has 0 bridgehead atoms. The summed E-state index contributed by atoms with van der Waals surface area (Å²) < 4.78 is 0. The minimum absolute atomic E-state index is 0.000827. The van der Waals surface area contributed by atoms with Crippen molar-refractivity contribution in [3.63, 3.8) is 0 Å². The average molecular weight is 478 g/mol. The Kier molecular flexibility index (Phi) is 6.68. The maximum absolute atomic E-state index is 13.4. The van der Waals surface area contributed by atoms with E-state index < -0.39 is 0 Å². The summed E-state index contributed by atoms with van der Waals surface area (Å²) in [6.45, 7) is 5.63. The molecule has 2 aromatic rings. The van der Waals surface area contributed by atoms with Crippen molar-refractivity contribution in [2.24, 2.45) is 4.99 Å². The van der Waals surface area contributed by atoms with Gasteiger partial charge < -0.3 is 4.90 Å². The molecule has 30 heavy (non-hydrogen) atoms. The number of hydrogen-bond donors (Lipinski definition) is 0. The molecule has 1 fully saturated rings. The number of para-hydroxylation sites is 1. The Balaban J connectivity index is 1.77. The number of amides is 1. The number of benzene rings is 2. The number of thioether (sulfide) groups is 2. The molecule has 156 valence electrons. The summed E-state index contributed by atoms with van der Waals surface area (Å²) in [5, 5.41) is 2.46. The Morgan fingerprint density at radius 2 is 1.80 bits per heavy atom. The minimum Gasteiger partial charge on any atom is -0.334 e. The molecule has 2 heterocycles. The number of unbranched alkanes of at least 4 members (excludes halogenated alkanes) is 1. The molecule has 0 aromatic heterocycles. The molecule has 2 aliphatic rings. The van der Waals surface area contributed by atoms with Crippen LogP contribution in [0.4, 0.5) is 11.4 Å². The van der Waals surface area contributed by atoms with Crippen molar-refractivity contribution >= 4 is 69.2 Å². The van der Waals surface area contributed by atoms with E-state index in [-0.39, 0.29) is 5.91 Å². The van der Waals surface area contributed by atoms with Crippen molar-refractivity contribution in [1.82, 2.24) is 4.90 Å². The molecule has 0 spiro atoms. The van der Waals surface area contributed by atoms with Crippen LogP contribution in [0.1, 0.15) is 26.7 Å². The molecule has 1 amide bonds. The van der Waals surface area contributed by atoms with E-state index in [2.05, 4.69) is 30.9 Å². The number of fused-ring (bicyclic) bond motifs is 1.